The van der Waals surface area contributed by atoms with Crippen LogP contribution in [-0.4, -0.2) is 61.6 Å². The van der Waals surface area contributed by atoms with Crippen LogP contribution in [0.3, 0.4) is 0 Å². The van der Waals surface area contributed by atoms with Crippen LogP contribution in [0.15, 0.2) is 23.6 Å². The molecule has 0 aliphatic carbocycles. The summed E-state index contributed by atoms with van der Waals surface area (Å²) in [4.78, 5) is 26.3. The normalized spacial score (nSPS) is 15.1. The monoisotopic (exact) mass is 430 g/mol. The van der Waals surface area contributed by atoms with Crippen LogP contribution in [0.5, 0.6) is 0 Å². The van der Waals surface area contributed by atoms with Crippen molar-refractivity contribution >= 4 is 28.8 Å². The third kappa shape index (κ3) is 4.34. The van der Waals surface area contributed by atoms with E-state index in [1.54, 1.807) is 28.2 Å². The fourth-order valence-corrected chi connectivity index (χ4v) is 4.32. The van der Waals surface area contributed by atoms with Gasteiger partial charge in [0.05, 0.1) is 21.4 Å². The number of rotatable bonds is 4. The number of carbonyl (C=O) groups is 1. The summed E-state index contributed by atoms with van der Waals surface area (Å²) in [6.45, 7) is 9.61. The zero-order valence-corrected chi connectivity index (χ0v) is 18.3. The molecule has 3 aromatic rings. The Balaban J connectivity index is 1.46. The fourth-order valence-electron chi connectivity index (χ4n) is 3.53. The number of halogens is 1. The first-order valence-corrected chi connectivity index (χ1v) is 10.8. The van der Waals surface area contributed by atoms with Crippen molar-refractivity contribution in [3.63, 3.8) is 0 Å². The average molecular weight is 431 g/mol. The first-order valence-electron chi connectivity index (χ1n) is 9.53. The van der Waals surface area contributed by atoms with Crippen molar-refractivity contribution in [1.82, 2.24) is 29.5 Å². The van der Waals surface area contributed by atoms with Gasteiger partial charge < -0.3 is 4.90 Å². The molecule has 0 radical (unpaired) electrons. The Hall–Kier alpha value is -2.29. The van der Waals surface area contributed by atoms with Gasteiger partial charge in [-0.2, -0.15) is 5.10 Å². The van der Waals surface area contributed by atoms with Crippen LogP contribution in [0.25, 0.3) is 5.82 Å². The smallest absolute Gasteiger partial charge is 0.274 e. The standard InChI is InChI=1S/C20H23ClN6OS/c1-13-10-14(2)27(24-13)18-5-4-17(21)19(23-18)20(28)26-8-6-25(7-9-26)11-16-12-29-15(3)22-16/h4-5,10,12H,6-9,11H2,1-3H3. The summed E-state index contributed by atoms with van der Waals surface area (Å²) < 4.78 is 1.73. The zero-order valence-electron chi connectivity index (χ0n) is 16.7. The first kappa shape index (κ1) is 20.0. The Kier molecular flexibility index (Phi) is 5.67. The third-order valence-corrected chi connectivity index (χ3v) is 6.10. The molecule has 0 spiro atoms. The van der Waals surface area contributed by atoms with Crippen molar-refractivity contribution in [1.29, 1.82) is 0 Å². The maximum Gasteiger partial charge on any atom is 0.274 e. The molecule has 1 aliphatic rings. The van der Waals surface area contributed by atoms with Crippen molar-refractivity contribution in [2.75, 3.05) is 26.2 Å². The molecule has 0 saturated carbocycles. The number of nitrogens with zero attached hydrogens (tertiary/aromatic N) is 6. The Labute approximate surface area is 178 Å². The molecule has 4 heterocycles. The molecule has 0 N–H and O–H groups in total. The van der Waals surface area contributed by atoms with Crippen LogP contribution in [-0.2, 0) is 6.54 Å². The molecule has 9 heteroatoms. The molecule has 0 unspecified atom stereocenters. The minimum atomic E-state index is -0.137. The Bertz CT molecular complexity index is 1040. The number of amides is 1. The van der Waals surface area contributed by atoms with Gasteiger partial charge in [-0.25, -0.2) is 14.6 Å². The lowest BCUT2D eigenvalue weighted by molar-refractivity contribution is 0.0621. The molecular weight excluding hydrogens is 408 g/mol. The molecule has 1 aliphatic heterocycles. The molecule has 0 bridgehead atoms. The van der Waals surface area contributed by atoms with Gasteiger partial charge in [0.1, 0.15) is 5.69 Å². The van der Waals surface area contributed by atoms with E-state index < -0.39 is 0 Å². The van der Waals surface area contributed by atoms with Crippen LogP contribution < -0.4 is 0 Å². The molecule has 0 atom stereocenters. The maximum absolute atomic E-state index is 13.1. The van der Waals surface area contributed by atoms with Crippen LogP contribution >= 0.6 is 22.9 Å². The molecule has 152 valence electrons. The van der Waals surface area contributed by atoms with Crippen molar-refractivity contribution < 1.29 is 4.79 Å². The predicted molar refractivity (Wildman–Crippen MR) is 114 cm³/mol. The number of thiazole rings is 1. The van der Waals surface area contributed by atoms with E-state index in [4.69, 9.17) is 11.6 Å². The van der Waals surface area contributed by atoms with Crippen molar-refractivity contribution in [2.24, 2.45) is 0 Å². The number of hydrogen-bond acceptors (Lipinski definition) is 6. The number of piperazine rings is 1. The second kappa shape index (κ2) is 8.22. The predicted octanol–water partition coefficient (Wildman–Crippen LogP) is 3.26. The highest BCUT2D eigenvalue weighted by Gasteiger charge is 2.25. The quantitative estimate of drug-likeness (QED) is 0.635. The molecule has 7 nitrogen and oxygen atoms in total. The molecule has 0 aromatic carbocycles. The maximum atomic E-state index is 13.1. The molecule has 4 rings (SSSR count). The van der Waals surface area contributed by atoms with Crippen LogP contribution in [0.1, 0.15) is 32.6 Å². The molecule has 1 saturated heterocycles. The highest BCUT2D eigenvalue weighted by Crippen LogP contribution is 2.20. The summed E-state index contributed by atoms with van der Waals surface area (Å²) in [5, 5.41) is 7.99. The SMILES string of the molecule is Cc1cc(C)n(-c2ccc(Cl)c(C(=O)N3CCN(Cc4csc(C)n4)CC3)n2)n1. The van der Waals surface area contributed by atoms with E-state index in [9.17, 15) is 4.79 Å². The van der Waals surface area contributed by atoms with Gasteiger partial charge in [0, 0.05) is 43.8 Å². The molecule has 1 fully saturated rings. The van der Waals surface area contributed by atoms with Crippen LogP contribution in [0, 0.1) is 20.8 Å². The lowest BCUT2D eigenvalue weighted by atomic mass is 10.2. The van der Waals surface area contributed by atoms with E-state index in [1.807, 2.05) is 31.7 Å². The van der Waals surface area contributed by atoms with Gasteiger partial charge in [0.15, 0.2) is 5.82 Å². The molecule has 1 amide bonds. The summed E-state index contributed by atoms with van der Waals surface area (Å²) in [7, 11) is 0. The average Bonchev–Trinajstić information content (AvgIpc) is 3.26. The number of aromatic nitrogens is 4. The van der Waals surface area contributed by atoms with E-state index in [0.29, 0.717) is 23.9 Å². The van der Waals surface area contributed by atoms with Crippen molar-refractivity contribution in [2.45, 2.75) is 27.3 Å². The van der Waals surface area contributed by atoms with Crippen LogP contribution in [0.4, 0.5) is 0 Å². The molecule has 29 heavy (non-hydrogen) atoms. The number of carbonyl (C=O) groups excluding carboxylic acids is 1. The largest absolute Gasteiger partial charge is 0.335 e. The summed E-state index contributed by atoms with van der Waals surface area (Å²) >= 11 is 7.99. The van der Waals surface area contributed by atoms with Crippen molar-refractivity contribution in [3.8, 4) is 5.82 Å². The van der Waals surface area contributed by atoms with Gasteiger partial charge in [-0.15, -0.1) is 11.3 Å². The number of hydrogen-bond donors (Lipinski definition) is 0. The minimum absolute atomic E-state index is 0.137. The summed E-state index contributed by atoms with van der Waals surface area (Å²) in [5.74, 6) is 0.462. The number of pyridine rings is 1. The Morgan fingerprint density at radius 2 is 1.90 bits per heavy atom. The zero-order chi connectivity index (χ0) is 20.5. The van der Waals surface area contributed by atoms with Gasteiger partial charge in [0.2, 0.25) is 0 Å². The van der Waals surface area contributed by atoms with E-state index >= 15 is 0 Å². The fraction of sp³-hybridized carbons (Fsp3) is 0.400. The van der Waals surface area contributed by atoms with Gasteiger partial charge >= 0.3 is 0 Å². The molecular formula is C20H23ClN6OS. The first-order chi connectivity index (χ1) is 13.9. The van der Waals surface area contributed by atoms with E-state index in [-0.39, 0.29) is 11.6 Å². The third-order valence-electron chi connectivity index (χ3n) is 4.97. The van der Waals surface area contributed by atoms with E-state index in [0.717, 1.165) is 41.7 Å². The summed E-state index contributed by atoms with van der Waals surface area (Å²) in [6.07, 6.45) is 0. The van der Waals surface area contributed by atoms with Gasteiger partial charge in [-0.05, 0) is 39.0 Å². The Morgan fingerprint density at radius 3 is 2.52 bits per heavy atom. The van der Waals surface area contributed by atoms with E-state index in [2.05, 4.69) is 25.3 Å². The highest BCUT2D eigenvalue weighted by molar-refractivity contribution is 7.09. The topological polar surface area (TPSA) is 67.2 Å². The van der Waals surface area contributed by atoms with Gasteiger partial charge in [0.25, 0.3) is 5.91 Å². The molecule has 3 aromatic heterocycles. The number of aryl methyl sites for hydroxylation is 3. The summed E-state index contributed by atoms with van der Waals surface area (Å²) in [6, 6.07) is 5.47. The second-order valence-corrected chi connectivity index (χ2v) is 8.73. The lowest BCUT2D eigenvalue weighted by Crippen LogP contribution is -2.48. The van der Waals surface area contributed by atoms with Crippen molar-refractivity contribution in [3.05, 3.63) is 56.4 Å². The second-order valence-electron chi connectivity index (χ2n) is 7.26. The van der Waals surface area contributed by atoms with E-state index in [1.165, 1.54) is 0 Å². The lowest BCUT2D eigenvalue weighted by Gasteiger charge is -2.34. The van der Waals surface area contributed by atoms with Crippen LogP contribution in [0.2, 0.25) is 5.02 Å². The minimum Gasteiger partial charge on any atom is -0.335 e. The summed E-state index contributed by atoms with van der Waals surface area (Å²) in [5.41, 5.74) is 3.23. The highest BCUT2D eigenvalue weighted by atomic mass is 35.5. The van der Waals surface area contributed by atoms with Gasteiger partial charge in [-0.3, -0.25) is 9.69 Å². The van der Waals surface area contributed by atoms with Gasteiger partial charge in [-0.1, -0.05) is 11.6 Å². The Morgan fingerprint density at radius 1 is 1.14 bits per heavy atom.